The molecule has 0 aliphatic carbocycles. The molecule has 0 radical (unpaired) electrons. The van der Waals surface area contributed by atoms with Crippen LogP contribution in [-0.2, 0) is 0 Å². The molecule has 1 unspecified atom stereocenters. The van der Waals surface area contributed by atoms with Crippen LogP contribution in [0.5, 0.6) is 0 Å². The highest BCUT2D eigenvalue weighted by atomic mass is 19.1. The quantitative estimate of drug-likeness (QED) is 0.921. The van der Waals surface area contributed by atoms with Gasteiger partial charge in [-0.15, -0.1) is 0 Å². The summed E-state index contributed by atoms with van der Waals surface area (Å²) < 4.78 is 13.0. The van der Waals surface area contributed by atoms with Crippen molar-refractivity contribution < 1.29 is 14.3 Å². The molecule has 4 nitrogen and oxygen atoms in total. The van der Waals surface area contributed by atoms with Gasteiger partial charge >= 0.3 is 6.09 Å². The van der Waals surface area contributed by atoms with E-state index in [4.69, 9.17) is 10.4 Å². The van der Waals surface area contributed by atoms with E-state index in [0.717, 1.165) is 18.4 Å². The number of hydrogen-bond donors (Lipinski definition) is 1. The minimum Gasteiger partial charge on any atom is -0.465 e. The molecule has 1 aromatic rings. The summed E-state index contributed by atoms with van der Waals surface area (Å²) in [6.45, 7) is 1.01. The number of halogens is 1. The van der Waals surface area contributed by atoms with Gasteiger partial charge in [-0.25, -0.2) is 9.18 Å². The average Bonchev–Trinajstić information content (AvgIpc) is 2.46. The van der Waals surface area contributed by atoms with Gasteiger partial charge in [-0.05, 0) is 42.4 Å². The van der Waals surface area contributed by atoms with E-state index in [0.29, 0.717) is 19.5 Å². The average molecular weight is 276 g/mol. The van der Waals surface area contributed by atoms with Crippen LogP contribution in [0.1, 0.15) is 30.7 Å². The number of carbonyl (C=O) groups is 1. The summed E-state index contributed by atoms with van der Waals surface area (Å²) in [5, 5.41) is 17.9. The lowest BCUT2D eigenvalue weighted by Gasteiger charge is -2.34. The van der Waals surface area contributed by atoms with Gasteiger partial charge in [-0.3, -0.25) is 0 Å². The van der Waals surface area contributed by atoms with Gasteiger partial charge in [0.05, 0.1) is 6.07 Å². The van der Waals surface area contributed by atoms with E-state index in [2.05, 4.69) is 6.07 Å². The molecule has 1 atom stereocenters. The molecule has 106 valence electrons. The lowest BCUT2D eigenvalue weighted by molar-refractivity contribution is 0.120. The molecule has 1 amide bonds. The van der Waals surface area contributed by atoms with Gasteiger partial charge in [-0.1, -0.05) is 12.1 Å². The summed E-state index contributed by atoms with van der Waals surface area (Å²) in [4.78, 5) is 12.3. The predicted molar refractivity (Wildman–Crippen MR) is 71.7 cm³/mol. The molecule has 5 heteroatoms. The standard InChI is InChI=1S/C15H17FN2O2/c16-13-3-1-11(2-4-13)14(5-8-17)12-6-9-18(10-7-12)15(19)20/h1-4,12,14H,5-7,9-10H2,(H,19,20). The lowest BCUT2D eigenvalue weighted by atomic mass is 9.78. The third kappa shape index (κ3) is 3.27. The molecule has 1 N–H and O–H groups in total. The first-order chi connectivity index (χ1) is 9.61. The van der Waals surface area contributed by atoms with Gasteiger partial charge in [0.1, 0.15) is 5.82 Å². The Morgan fingerprint density at radius 3 is 2.50 bits per heavy atom. The molecule has 1 aliphatic rings. The van der Waals surface area contributed by atoms with Crippen LogP contribution in [-0.4, -0.2) is 29.2 Å². The van der Waals surface area contributed by atoms with Crippen molar-refractivity contribution in [1.82, 2.24) is 4.90 Å². The number of piperidine rings is 1. The third-order valence-corrected chi connectivity index (χ3v) is 3.99. The Morgan fingerprint density at radius 2 is 2.00 bits per heavy atom. The lowest BCUT2D eigenvalue weighted by Crippen LogP contribution is -2.38. The molecule has 0 saturated carbocycles. The van der Waals surface area contributed by atoms with Crippen molar-refractivity contribution in [2.45, 2.75) is 25.2 Å². The fraction of sp³-hybridized carbons (Fsp3) is 0.467. The topological polar surface area (TPSA) is 64.3 Å². The molecule has 1 heterocycles. The number of carboxylic acid groups (broad SMARTS) is 1. The Morgan fingerprint density at radius 1 is 1.40 bits per heavy atom. The van der Waals surface area contributed by atoms with E-state index in [1.54, 1.807) is 12.1 Å². The van der Waals surface area contributed by atoms with Crippen LogP contribution in [0, 0.1) is 23.1 Å². The first-order valence-electron chi connectivity index (χ1n) is 6.72. The maximum atomic E-state index is 13.0. The molecule has 1 saturated heterocycles. The summed E-state index contributed by atoms with van der Waals surface area (Å²) in [7, 11) is 0. The molecule has 1 aromatic carbocycles. The first kappa shape index (κ1) is 14.3. The Hall–Kier alpha value is -2.09. The number of nitriles is 1. The smallest absolute Gasteiger partial charge is 0.407 e. The normalized spacial score (nSPS) is 17.5. The summed E-state index contributed by atoms with van der Waals surface area (Å²) >= 11 is 0. The van der Waals surface area contributed by atoms with E-state index in [1.165, 1.54) is 17.0 Å². The van der Waals surface area contributed by atoms with Gasteiger partial charge in [0.15, 0.2) is 0 Å². The van der Waals surface area contributed by atoms with E-state index < -0.39 is 6.09 Å². The minimum absolute atomic E-state index is 0.0524. The molecular formula is C15H17FN2O2. The number of rotatable bonds is 3. The fourth-order valence-corrected chi connectivity index (χ4v) is 2.86. The van der Waals surface area contributed by atoms with Crippen molar-refractivity contribution >= 4 is 6.09 Å². The fourth-order valence-electron chi connectivity index (χ4n) is 2.86. The molecule has 1 aliphatic heterocycles. The van der Waals surface area contributed by atoms with Crippen LogP contribution < -0.4 is 0 Å². The summed E-state index contributed by atoms with van der Waals surface area (Å²) in [6.07, 6.45) is 0.983. The second kappa shape index (κ2) is 6.38. The van der Waals surface area contributed by atoms with Crippen LogP contribution >= 0.6 is 0 Å². The molecule has 20 heavy (non-hydrogen) atoms. The Balaban J connectivity index is 2.08. The van der Waals surface area contributed by atoms with Crippen molar-refractivity contribution in [3.05, 3.63) is 35.6 Å². The van der Waals surface area contributed by atoms with Crippen molar-refractivity contribution in [1.29, 1.82) is 5.26 Å². The molecule has 0 bridgehead atoms. The second-order valence-electron chi connectivity index (χ2n) is 5.13. The van der Waals surface area contributed by atoms with Gasteiger partial charge < -0.3 is 10.0 Å². The molecule has 0 aromatic heterocycles. The zero-order chi connectivity index (χ0) is 14.5. The third-order valence-electron chi connectivity index (χ3n) is 3.99. The van der Waals surface area contributed by atoms with Gasteiger partial charge in [0, 0.05) is 19.5 Å². The maximum absolute atomic E-state index is 13.0. The van der Waals surface area contributed by atoms with Crippen molar-refractivity contribution in [3.8, 4) is 6.07 Å². The monoisotopic (exact) mass is 276 g/mol. The Labute approximate surface area is 117 Å². The van der Waals surface area contributed by atoms with Crippen LogP contribution in [0.3, 0.4) is 0 Å². The minimum atomic E-state index is -0.887. The highest BCUT2D eigenvalue weighted by molar-refractivity contribution is 5.65. The second-order valence-corrected chi connectivity index (χ2v) is 5.13. The Bertz CT molecular complexity index is 502. The summed E-state index contributed by atoms with van der Waals surface area (Å²) in [5.74, 6) is 0.0393. The highest BCUT2D eigenvalue weighted by Gasteiger charge is 2.29. The highest BCUT2D eigenvalue weighted by Crippen LogP contribution is 2.35. The van der Waals surface area contributed by atoms with Crippen LogP contribution in [0.2, 0.25) is 0 Å². The van der Waals surface area contributed by atoms with Gasteiger partial charge in [0.2, 0.25) is 0 Å². The van der Waals surface area contributed by atoms with Crippen LogP contribution in [0.4, 0.5) is 9.18 Å². The SMILES string of the molecule is N#CCC(c1ccc(F)cc1)C1CCN(C(=O)O)CC1. The number of amides is 1. The number of benzene rings is 1. The van der Waals surface area contributed by atoms with E-state index in [1.807, 2.05) is 0 Å². The van der Waals surface area contributed by atoms with E-state index in [9.17, 15) is 9.18 Å². The van der Waals surface area contributed by atoms with Crippen molar-refractivity contribution in [2.75, 3.05) is 13.1 Å². The van der Waals surface area contributed by atoms with Crippen molar-refractivity contribution in [3.63, 3.8) is 0 Å². The molecule has 0 spiro atoms. The predicted octanol–water partition coefficient (Wildman–Crippen LogP) is 3.21. The van der Waals surface area contributed by atoms with Gasteiger partial charge in [0.25, 0.3) is 0 Å². The Kier molecular flexibility index (Phi) is 4.57. The number of nitrogens with zero attached hydrogens (tertiary/aromatic N) is 2. The molecule has 2 rings (SSSR count). The van der Waals surface area contributed by atoms with E-state index >= 15 is 0 Å². The molecular weight excluding hydrogens is 259 g/mol. The zero-order valence-corrected chi connectivity index (χ0v) is 11.1. The number of hydrogen-bond acceptors (Lipinski definition) is 2. The van der Waals surface area contributed by atoms with Crippen molar-refractivity contribution in [2.24, 2.45) is 5.92 Å². The summed E-state index contributed by atoms with van der Waals surface area (Å²) in [5.41, 5.74) is 0.960. The molecule has 1 fully saturated rings. The number of likely N-dealkylation sites (tertiary alicyclic amines) is 1. The summed E-state index contributed by atoms with van der Waals surface area (Å²) in [6, 6.07) is 8.45. The first-order valence-corrected chi connectivity index (χ1v) is 6.72. The van der Waals surface area contributed by atoms with Crippen LogP contribution in [0.15, 0.2) is 24.3 Å². The van der Waals surface area contributed by atoms with Gasteiger partial charge in [-0.2, -0.15) is 5.26 Å². The van der Waals surface area contributed by atoms with E-state index in [-0.39, 0.29) is 17.7 Å². The maximum Gasteiger partial charge on any atom is 0.407 e. The van der Waals surface area contributed by atoms with Crippen LogP contribution in [0.25, 0.3) is 0 Å². The largest absolute Gasteiger partial charge is 0.465 e. The zero-order valence-electron chi connectivity index (χ0n) is 11.1.